The van der Waals surface area contributed by atoms with Crippen molar-refractivity contribution in [3.05, 3.63) is 59.9 Å². The molecular weight excluding hydrogens is 417 g/mol. The third-order valence-corrected chi connectivity index (χ3v) is 6.12. The first-order valence-electron chi connectivity index (χ1n) is 10.7. The fraction of sp³-hybridized carbons (Fsp3) is 0.417. The molecule has 5 nitrogen and oxygen atoms in total. The number of ether oxygens (including phenoxy) is 1. The van der Waals surface area contributed by atoms with E-state index in [2.05, 4.69) is 32.3 Å². The summed E-state index contributed by atoms with van der Waals surface area (Å²) in [5, 5.41) is 4.28. The number of rotatable bonds is 7. The van der Waals surface area contributed by atoms with E-state index in [0.29, 0.717) is 22.8 Å². The molecule has 1 saturated carbocycles. The smallest absolute Gasteiger partial charge is 0.393 e. The van der Waals surface area contributed by atoms with Crippen molar-refractivity contribution in [2.75, 3.05) is 19.1 Å². The Hall–Kier alpha value is -2.87. The Morgan fingerprint density at radius 1 is 1.06 bits per heavy atom. The normalized spacial score (nSPS) is 18.8. The number of methoxy groups -OCH3 is 1. The Balaban J connectivity index is 1.43. The van der Waals surface area contributed by atoms with Crippen LogP contribution in [0.4, 0.5) is 19.0 Å². The van der Waals surface area contributed by atoms with E-state index < -0.39 is 12.6 Å². The quantitative estimate of drug-likeness (QED) is 0.562. The predicted octanol–water partition coefficient (Wildman–Crippen LogP) is 4.89. The van der Waals surface area contributed by atoms with E-state index in [4.69, 9.17) is 4.74 Å². The maximum absolute atomic E-state index is 12.9. The molecule has 0 bridgehead atoms. The number of nitrogens with zero attached hydrogens (tertiary/aromatic N) is 3. The fourth-order valence-corrected chi connectivity index (χ4v) is 4.39. The van der Waals surface area contributed by atoms with Crippen molar-refractivity contribution < 1.29 is 17.9 Å². The molecule has 1 N–H and O–H groups in total. The lowest BCUT2D eigenvalue weighted by Gasteiger charge is -2.27. The second-order valence-corrected chi connectivity index (χ2v) is 8.34. The molecule has 0 radical (unpaired) electrons. The third-order valence-electron chi connectivity index (χ3n) is 6.12. The summed E-state index contributed by atoms with van der Waals surface area (Å²) in [6.45, 7) is 0.780. The number of fused-ring (bicyclic) bond motifs is 1. The second-order valence-electron chi connectivity index (χ2n) is 8.34. The number of benzene rings is 2. The molecule has 2 unspecified atom stereocenters. The number of alkyl halides is 3. The van der Waals surface area contributed by atoms with Gasteiger partial charge in [0.25, 0.3) is 0 Å². The summed E-state index contributed by atoms with van der Waals surface area (Å²) in [4.78, 5) is 10.8. The minimum absolute atomic E-state index is 0.222. The largest absolute Gasteiger partial charge is 0.497 e. The number of hydrogen-bond acceptors (Lipinski definition) is 5. The van der Waals surface area contributed by atoms with Crippen molar-refractivity contribution in [3.8, 4) is 5.75 Å². The Kier molecular flexibility index (Phi) is 6.50. The number of aromatic nitrogens is 2. The monoisotopic (exact) mass is 444 g/mol. The summed E-state index contributed by atoms with van der Waals surface area (Å²) in [6, 6.07) is 13.3. The van der Waals surface area contributed by atoms with Gasteiger partial charge < -0.3 is 15.0 Å². The maximum atomic E-state index is 12.9. The minimum Gasteiger partial charge on any atom is -0.497 e. The van der Waals surface area contributed by atoms with Crippen LogP contribution in [0.25, 0.3) is 10.9 Å². The molecule has 0 amide bonds. The lowest BCUT2D eigenvalue weighted by atomic mass is 10.1. The van der Waals surface area contributed by atoms with Crippen LogP contribution in [0.15, 0.2) is 48.8 Å². The van der Waals surface area contributed by atoms with Crippen molar-refractivity contribution in [1.82, 2.24) is 15.3 Å². The zero-order valence-electron chi connectivity index (χ0n) is 18.2. The minimum atomic E-state index is -4.25. The highest BCUT2D eigenvalue weighted by Gasteiger charge is 2.30. The topological polar surface area (TPSA) is 50.3 Å². The molecule has 2 aromatic carbocycles. The summed E-state index contributed by atoms with van der Waals surface area (Å²) in [5.74, 6) is 1.52. The molecule has 2 atom stereocenters. The van der Waals surface area contributed by atoms with Gasteiger partial charge in [-0.05, 0) is 54.7 Å². The van der Waals surface area contributed by atoms with E-state index in [0.717, 1.165) is 31.6 Å². The number of hydrogen-bond donors (Lipinski definition) is 1. The lowest BCUT2D eigenvalue weighted by Crippen LogP contribution is -2.33. The van der Waals surface area contributed by atoms with E-state index in [1.165, 1.54) is 18.0 Å². The van der Waals surface area contributed by atoms with Gasteiger partial charge in [0, 0.05) is 31.1 Å². The van der Waals surface area contributed by atoms with Crippen molar-refractivity contribution in [3.63, 3.8) is 0 Å². The average molecular weight is 445 g/mol. The second kappa shape index (κ2) is 9.32. The van der Waals surface area contributed by atoms with Gasteiger partial charge >= 0.3 is 6.18 Å². The maximum Gasteiger partial charge on any atom is 0.393 e. The van der Waals surface area contributed by atoms with Crippen LogP contribution in [-0.2, 0) is 13.0 Å². The molecular formula is C24H27F3N4O. The average Bonchev–Trinajstić information content (AvgIpc) is 3.25. The van der Waals surface area contributed by atoms with Gasteiger partial charge in [-0.2, -0.15) is 13.2 Å². The van der Waals surface area contributed by atoms with Gasteiger partial charge in [-0.1, -0.05) is 18.2 Å². The van der Waals surface area contributed by atoms with Crippen LogP contribution in [0.5, 0.6) is 5.75 Å². The molecule has 0 aliphatic heterocycles. The van der Waals surface area contributed by atoms with Crippen LogP contribution >= 0.6 is 0 Å². The molecule has 8 heteroatoms. The first kappa shape index (κ1) is 22.3. The van der Waals surface area contributed by atoms with Crippen molar-refractivity contribution in [1.29, 1.82) is 0 Å². The van der Waals surface area contributed by atoms with E-state index in [-0.39, 0.29) is 11.6 Å². The third kappa shape index (κ3) is 5.30. The van der Waals surface area contributed by atoms with Crippen LogP contribution < -0.4 is 15.0 Å². The number of anilines is 1. The van der Waals surface area contributed by atoms with Crippen LogP contribution in [0.3, 0.4) is 0 Å². The Bertz CT molecular complexity index is 1060. The summed E-state index contributed by atoms with van der Waals surface area (Å²) in [6.07, 6.45) is -0.754. The SMILES string of the molecule is COc1ccc(CNC2CCC(N(C)c3ncnc4ccc(CC(F)(F)F)cc34)C2)cc1. The van der Waals surface area contributed by atoms with Gasteiger partial charge in [-0.25, -0.2) is 9.97 Å². The number of nitrogens with one attached hydrogen (secondary N) is 1. The summed E-state index contributed by atoms with van der Waals surface area (Å²) < 4.78 is 43.8. The van der Waals surface area contributed by atoms with Gasteiger partial charge in [0.2, 0.25) is 0 Å². The van der Waals surface area contributed by atoms with E-state index in [1.807, 2.05) is 19.2 Å². The highest BCUT2D eigenvalue weighted by Crippen LogP contribution is 2.32. The highest BCUT2D eigenvalue weighted by atomic mass is 19.4. The van der Waals surface area contributed by atoms with Crippen molar-refractivity contribution in [2.24, 2.45) is 0 Å². The molecule has 0 saturated heterocycles. The molecule has 0 spiro atoms. The lowest BCUT2D eigenvalue weighted by molar-refractivity contribution is -0.127. The fourth-order valence-electron chi connectivity index (χ4n) is 4.39. The standard InChI is InChI=1S/C24H27F3N4O/c1-31(19-7-6-18(12-19)28-14-16-3-8-20(32-2)9-4-16)23-21-11-17(13-24(25,26)27)5-10-22(21)29-15-30-23/h3-5,8-11,15,18-19,28H,6-7,12-14H2,1-2H3. The van der Waals surface area contributed by atoms with E-state index >= 15 is 0 Å². The first-order chi connectivity index (χ1) is 15.3. The first-order valence-corrected chi connectivity index (χ1v) is 10.7. The van der Waals surface area contributed by atoms with Crippen molar-refractivity contribution >= 4 is 16.7 Å². The van der Waals surface area contributed by atoms with Gasteiger partial charge in [0.05, 0.1) is 19.0 Å². The molecule has 1 fully saturated rings. The molecule has 4 rings (SSSR count). The molecule has 1 heterocycles. The molecule has 1 aliphatic rings. The molecule has 1 aromatic heterocycles. The van der Waals surface area contributed by atoms with Crippen LogP contribution in [-0.4, -0.2) is 42.4 Å². The van der Waals surface area contributed by atoms with Crippen LogP contribution in [0, 0.1) is 0 Å². The van der Waals surface area contributed by atoms with Crippen LogP contribution in [0.1, 0.15) is 30.4 Å². The highest BCUT2D eigenvalue weighted by molar-refractivity contribution is 5.89. The van der Waals surface area contributed by atoms with E-state index in [1.54, 1.807) is 19.2 Å². The van der Waals surface area contributed by atoms with Crippen LogP contribution in [0.2, 0.25) is 0 Å². The molecule has 1 aliphatic carbocycles. The van der Waals surface area contributed by atoms with E-state index in [9.17, 15) is 13.2 Å². The molecule has 3 aromatic rings. The van der Waals surface area contributed by atoms with Gasteiger partial charge in [0.15, 0.2) is 0 Å². The Labute approximate surface area is 185 Å². The number of halogens is 3. The Morgan fingerprint density at radius 3 is 2.53 bits per heavy atom. The summed E-state index contributed by atoms with van der Waals surface area (Å²) in [5.41, 5.74) is 2.07. The van der Waals surface area contributed by atoms with Gasteiger partial charge in [-0.15, -0.1) is 0 Å². The molecule has 170 valence electrons. The van der Waals surface area contributed by atoms with Gasteiger partial charge in [0.1, 0.15) is 17.9 Å². The summed E-state index contributed by atoms with van der Waals surface area (Å²) in [7, 11) is 3.62. The zero-order valence-corrected chi connectivity index (χ0v) is 18.2. The van der Waals surface area contributed by atoms with Gasteiger partial charge in [-0.3, -0.25) is 0 Å². The molecule has 32 heavy (non-hydrogen) atoms. The summed E-state index contributed by atoms with van der Waals surface area (Å²) >= 11 is 0. The Morgan fingerprint density at radius 2 is 1.81 bits per heavy atom. The zero-order chi connectivity index (χ0) is 22.7. The van der Waals surface area contributed by atoms with Crippen molar-refractivity contribution in [2.45, 2.75) is 50.5 Å². The predicted molar refractivity (Wildman–Crippen MR) is 119 cm³/mol.